The van der Waals surface area contributed by atoms with E-state index in [-0.39, 0.29) is 29.6 Å². The van der Waals surface area contributed by atoms with Gasteiger partial charge in [0.2, 0.25) is 5.91 Å². The highest BCUT2D eigenvalue weighted by molar-refractivity contribution is 5.97. The lowest BCUT2D eigenvalue weighted by Crippen LogP contribution is -2.31. The van der Waals surface area contributed by atoms with E-state index in [0.29, 0.717) is 11.3 Å². The molecule has 2 N–H and O–H groups in total. The maximum absolute atomic E-state index is 13.1. The summed E-state index contributed by atoms with van der Waals surface area (Å²) in [6, 6.07) is 12.6. The van der Waals surface area contributed by atoms with Crippen LogP contribution in [0.5, 0.6) is 0 Å². The fourth-order valence-electron chi connectivity index (χ4n) is 2.47. The fraction of sp³-hybridized carbons (Fsp3) is 0.263. The summed E-state index contributed by atoms with van der Waals surface area (Å²) in [5, 5.41) is 5.63. The molecule has 0 radical (unpaired) electrons. The van der Waals surface area contributed by atoms with Crippen molar-refractivity contribution >= 4 is 17.5 Å². The normalized spacial score (nSPS) is 11.9. The van der Waals surface area contributed by atoms with E-state index in [1.54, 1.807) is 36.4 Å². The molecule has 0 fully saturated rings. The van der Waals surface area contributed by atoms with Gasteiger partial charge in [-0.3, -0.25) is 9.59 Å². The predicted molar refractivity (Wildman–Crippen MR) is 92.2 cm³/mol. The standard InChI is InChI=1S/C19H21FN2O2/c1-12(2)18(14-7-9-16(20)10-8-14)22-19(24)15-5-4-6-17(11-15)21-13(3)23/h4-12,18H,1-3H3,(H,21,23)(H,22,24)/t18-/m0/s1. The topological polar surface area (TPSA) is 58.2 Å². The van der Waals surface area contributed by atoms with Gasteiger partial charge in [0.15, 0.2) is 0 Å². The molecule has 126 valence electrons. The molecule has 0 aliphatic rings. The molecule has 0 saturated heterocycles. The Morgan fingerprint density at radius 3 is 2.29 bits per heavy atom. The summed E-state index contributed by atoms with van der Waals surface area (Å²) in [5.41, 5.74) is 1.87. The van der Waals surface area contributed by atoms with E-state index in [2.05, 4.69) is 10.6 Å². The van der Waals surface area contributed by atoms with E-state index in [0.717, 1.165) is 5.56 Å². The predicted octanol–water partition coefficient (Wildman–Crippen LogP) is 3.91. The van der Waals surface area contributed by atoms with Gasteiger partial charge < -0.3 is 10.6 Å². The first-order valence-electron chi connectivity index (χ1n) is 7.81. The highest BCUT2D eigenvalue weighted by Gasteiger charge is 2.19. The zero-order valence-electron chi connectivity index (χ0n) is 14.0. The van der Waals surface area contributed by atoms with Gasteiger partial charge in [0.1, 0.15) is 5.82 Å². The fourth-order valence-corrected chi connectivity index (χ4v) is 2.47. The van der Waals surface area contributed by atoms with Gasteiger partial charge in [0.25, 0.3) is 5.91 Å². The van der Waals surface area contributed by atoms with Gasteiger partial charge in [-0.15, -0.1) is 0 Å². The van der Waals surface area contributed by atoms with Crippen molar-refractivity contribution in [3.05, 3.63) is 65.5 Å². The summed E-state index contributed by atoms with van der Waals surface area (Å²) in [4.78, 5) is 23.7. The molecule has 0 aliphatic heterocycles. The lowest BCUT2D eigenvalue weighted by Gasteiger charge is -2.23. The minimum absolute atomic E-state index is 0.137. The molecule has 4 nitrogen and oxygen atoms in total. The Morgan fingerprint density at radius 2 is 1.71 bits per heavy atom. The lowest BCUT2D eigenvalue weighted by molar-refractivity contribution is -0.114. The van der Waals surface area contributed by atoms with Gasteiger partial charge in [0.05, 0.1) is 6.04 Å². The van der Waals surface area contributed by atoms with E-state index in [4.69, 9.17) is 0 Å². The molecular weight excluding hydrogens is 307 g/mol. The SMILES string of the molecule is CC(=O)Nc1cccc(C(=O)N[C@H](c2ccc(F)cc2)C(C)C)c1. The number of nitrogens with one attached hydrogen (secondary N) is 2. The van der Waals surface area contributed by atoms with Crippen molar-refractivity contribution in [2.75, 3.05) is 5.32 Å². The molecule has 0 heterocycles. The summed E-state index contributed by atoms with van der Waals surface area (Å²) in [7, 11) is 0. The number of hydrogen-bond acceptors (Lipinski definition) is 2. The molecular formula is C19H21FN2O2. The number of rotatable bonds is 5. The van der Waals surface area contributed by atoms with Gasteiger partial charge in [-0.2, -0.15) is 0 Å². The minimum Gasteiger partial charge on any atom is -0.345 e. The van der Waals surface area contributed by atoms with E-state index in [1.807, 2.05) is 13.8 Å². The Labute approximate surface area is 141 Å². The molecule has 1 atom stereocenters. The first kappa shape index (κ1) is 17.7. The average molecular weight is 328 g/mol. The zero-order valence-corrected chi connectivity index (χ0v) is 14.0. The van der Waals surface area contributed by atoms with Crippen LogP contribution in [0.3, 0.4) is 0 Å². The average Bonchev–Trinajstić information content (AvgIpc) is 2.53. The minimum atomic E-state index is -0.310. The Hall–Kier alpha value is -2.69. The molecule has 0 bridgehead atoms. The molecule has 2 aromatic carbocycles. The smallest absolute Gasteiger partial charge is 0.251 e. The number of amides is 2. The van der Waals surface area contributed by atoms with Crippen LogP contribution in [0.2, 0.25) is 0 Å². The second-order valence-corrected chi connectivity index (χ2v) is 6.01. The number of carbonyl (C=O) groups is 2. The highest BCUT2D eigenvalue weighted by atomic mass is 19.1. The Morgan fingerprint density at radius 1 is 1.04 bits per heavy atom. The van der Waals surface area contributed by atoms with E-state index < -0.39 is 0 Å². The summed E-state index contributed by atoms with van der Waals surface area (Å²) in [6.07, 6.45) is 0. The van der Waals surface area contributed by atoms with Crippen LogP contribution in [0.1, 0.15) is 42.7 Å². The van der Waals surface area contributed by atoms with Crippen molar-refractivity contribution in [1.82, 2.24) is 5.32 Å². The van der Waals surface area contributed by atoms with Crippen LogP contribution in [0.15, 0.2) is 48.5 Å². The van der Waals surface area contributed by atoms with Crippen molar-refractivity contribution in [3.8, 4) is 0 Å². The van der Waals surface area contributed by atoms with Gasteiger partial charge in [-0.25, -0.2) is 4.39 Å². The number of benzene rings is 2. The quantitative estimate of drug-likeness (QED) is 0.874. The number of hydrogen-bond donors (Lipinski definition) is 2. The maximum Gasteiger partial charge on any atom is 0.251 e. The lowest BCUT2D eigenvalue weighted by atomic mass is 9.95. The molecule has 0 spiro atoms. The van der Waals surface area contributed by atoms with Crippen molar-refractivity contribution in [3.63, 3.8) is 0 Å². The number of halogens is 1. The third-order valence-corrected chi connectivity index (χ3v) is 3.63. The molecule has 5 heteroatoms. The van der Waals surface area contributed by atoms with Gasteiger partial charge in [-0.05, 0) is 41.8 Å². The van der Waals surface area contributed by atoms with Crippen LogP contribution in [-0.2, 0) is 4.79 Å². The van der Waals surface area contributed by atoms with Crippen molar-refractivity contribution < 1.29 is 14.0 Å². The van der Waals surface area contributed by atoms with Crippen LogP contribution in [0.4, 0.5) is 10.1 Å². The van der Waals surface area contributed by atoms with Crippen LogP contribution in [-0.4, -0.2) is 11.8 Å². The third kappa shape index (κ3) is 4.65. The monoisotopic (exact) mass is 328 g/mol. The van der Waals surface area contributed by atoms with Crippen molar-refractivity contribution in [2.24, 2.45) is 5.92 Å². The van der Waals surface area contributed by atoms with Crippen molar-refractivity contribution in [2.45, 2.75) is 26.8 Å². The molecule has 0 unspecified atom stereocenters. The summed E-state index contributed by atoms with van der Waals surface area (Å²) < 4.78 is 13.1. The molecule has 2 aromatic rings. The zero-order chi connectivity index (χ0) is 17.7. The molecule has 0 saturated carbocycles. The Bertz CT molecular complexity index is 726. The van der Waals surface area contributed by atoms with Crippen LogP contribution < -0.4 is 10.6 Å². The summed E-state index contributed by atoms with van der Waals surface area (Å²) in [6.45, 7) is 5.39. The van der Waals surface area contributed by atoms with Gasteiger partial charge in [-0.1, -0.05) is 32.0 Å². The second-order valence-electron chi connectivity index (χ2n) is 6.01. The van der Waals surface area contributed by atoms with E-state index >= 15 is 0 Å². The molecule has 0 aromatic heterocycles. The van der Waals surface area contributed by atoms with Crippen LogP contribution in [0, 0.1) is 11.7 Å². The number of anilines is 1. The van der Waals surface area contributed by atoms with Crippen LogP contribution >= 0.6 is 0 Å². The molecule has 2 amide bonds. The Kier molecular flexibility index (Phi) is 5.68. The van der Waals surface area contributed by atoms with Crippen molar-refractivity contribution in [1.29, 1.82) is 0 Å². The summed E-state index contributed by atoms with van der Waals surface area (Å²) in [5.74, 6) is -0.613. The van der Waals surface area contributed by atoms with Gasteiger partial charge >= 0.3 is 0 Å². The third-order valence-electron chi connectivity index (χ3n) is 3.63. The van der Waals surface area contributed by atoms with Gasteiger partial charge in [0, 0.05) is 18.2 Å². The first-order valence-corrected chi connectivity index (χ1v) is 7.81. The molecule has 0 aliphatic carbocycles. The molecule has 24 heavy (non-hydrogen) atoms. The van der Waals surface area contributed by atoms with E-state index in [9.17, 15) is 14.0 Å². The van der Waals surface area contributed by atoms with Crippen LogP contribution in [0.25, 0.3) is 0 Å². The largest absolute Gasteiger partial charge is 0.345 e. The maximum atomic E-state index is 13.1. The first-order chi connectivity index (χ1) is 11.4. The molecule has 2 rings (SSSR count). The number of carbonyl (C=O) groups excluding carboxylic acids is 2. The highest BCUT2D eigenvalue weighted by Crippen LogP contribution is 2.23. The van der Waals surface area contributed by atoms with E-state index in [1.165, 1.54) is 19.1 Å². The Balaban J connectivity index is 2.19. The summed E-state index contributed by atoms with van der Waals surface area (Å²) >= 11 is 0. The second kappa shape index (κ2) is 7.73.